The average molecular weight is 523 g/mol. The number of halogens is 1. The minimum atomic E-state index is -0.298. The monoisotopic (exact) mass is 522 g/mol. The number of thioether (sulfide) groups is 1. The molecule has 0 spiro atoms. The molecule has 3 aliphatic rings. The summed E-state index contributed by atoms with van der Waals surface area (Å²) in [5.74, 6) is 0.834. The van der Waals surface area contributed by atoms with Crippen molar-refractivity contribution in [1.82, 2.24) is 4.90 Å². The normalized spacial score (nSPS) is 21.7. The Kier molecular flexibility index (Phi) is 8.49. The molecule has 2 aliphatic carbocycles. The molecule has 37 heavy (non-hydrogen) atoms. The van der Waals surface area contributed by atoms with Gasteiger partial charge >= 0.3 is 0 Å². The summed E-state index contributed by atoms with van der Waals surface area (Å²) in [5.41, 5.74) is 1.34. The molecule has 1 aliphatic heterocycles. The summed E-state index contributed by atoms with van der Waals surface area (Å²) < 4.78 is 25.4. The van der Waals surface area contributed by atoms with Crippen LogP contribution in [0.5, 0.6) is 11.5 Å². The van der Waals surface area contributed by atoms with Crippen LogP contribution in [0.25, 0.3) is 6.08 Å². The smallest absolute Gasteiger partial charge is 0.266 e. The van der Waals surface area contributed by atoms with Gasteiger partial charge in [0.05, 0.1) is 18.1 Å². The highest BCUT2D eigenvalue weighted by atomic mass is 32.2. The van der Waals surface area contributed by atoms with Gasteiger partial charge in [-0.1, -0.05) is 62.8 Å². The first-order valence-corrected chi connectivity index (χ1v) is 14.3. The lowest BCUT2D eigenvalue weighted by atomic mass is 9.94. The number of hydrogen-bond donors (Lipinski definition) is 0. The van der Waals surface area contributed by atoms with Gasteiger partial charge in [0.2, 0.25) is 0 Å². The Hall–Kier alpha value is -2.80. The van der Waals surface area contributed by atoms with Crippen molar-refractivity contribution in [3.8, 4) is 11.5 Å². The molecule has 0 N–H and O–H groups in total. The summed E-state index contributed by atoms with van der Waals surface area (Å²) in [6.45, 7) is 0.106. The fourth-order valence-corrected chi connectivity index (χ4v) is 6.53. The van der Waals surface area contributed by atoms with Gasteiger partial charge in [-0.25, -0.2) is 4.39 Å². The van der Waals surface area contributed by atoms with Gasteiger partial charge in [-0.05, 0) is 67.3 Å². The number of amides is 1. The molecule has 0 aromatic heterocycles. The number of amidine groups is 1. The van der Waals surface area contributed by atoms with Gasteiger partial charge in [-0.3, -0.25) is 14.7 Å². The number of methoxy groups -OCH3 is 1. The van der Waals surface area contributed by atoms with E-state index in [1.54, 1.807) is 25.3 Å². The van der Waals surface area contributed by atoms with Crippen LogP contribution in [0.3, 0.4) is 0 Å². The Bertz CT molecular complexity index is 1170. The van der Waals surface area contributed by atoms with Gasteiger partial charge < -0.3 is 9.47 Å². The quantitative estimate of drug-likeness (QED) is 0.357. The molecule has 5 rings (SSSR count). The third-order valence-electron chi connectivity index (χ3n) is 7.47. The highest BCUT2D eigenvalue weighted by molar-refractivity contribution is 8.18. The molecule has 0 radical (unpaired) electrons. The Balaban J connectivity index is 1.37. The lowest BCUT2D eigenvalue weighted by Gasteiger charge is -2.31. The average Bonchev–Trinajstić information content (AvgIpc) is 3.23. The van der Waals surface area contributed by atoms with Crippen molar-refractivity contribution in [3.63, 3.8) is 0 Å². The van der Waals surface area contributed by atoms with E-state index in [1.165, 1.54) is 56.4 Å². The predicted octanol–water partition coefficient (Wildman–Crippen LogP) is 7.35. The van der Waals surface area contributed by atoms with E-state index in [1.807, 2.05) is 29.2 Å². The van der Waals surface area contributed by atoms with Crippen LogP contribution in [0.15, 0.2) is 52.4 Å². The Morgan fingerprint density at radius 2 is 1.73 bits per heavy atom. The van der Waals surface area contributed by atoms with Crippen LogP contribution in [0.4, 0.5) is 4.39 Å². The Labute approximate surface area is 223 Å². The number of ether oxygens (including phenoxy) is 2. The molecule has 7 heteroatoms. The van der Waals surface area contributed by atoms with Crippen molar-refractivity contribution in [1.29, 1.82) is 0 Å². The molecule has 2 saturated carbocycles. The van der Waals surface area contributed by atoms with E-state index in [0.717, 1.165) is 36.4 Å². The molecule has 1 heterocycles. The van der Waals surface area contributed by atoms with Gasteiger partial charge in [-0.2, -0.15) is 0 Å². The summed E-state index contributed by atoms with van der Waals surface area (Å²) in [7, 11) is 1.58. The van der Waals surface area contributed by atoms with E-state index in [2.05, 4.69) is 0 Å². The van der Waals surface area contributed by atoms with Crippen molar-refractivity contribution in [3.05, 3.63) is 64.3 Å². The highest BCUT2D eigenvalue weighted by Crippen LogP contribution is 2.39. The van der Waals surface area contributed by atoms with Gasteiger partial charge in [0.25, 0.3) is 5.91 Å². The zero-order chi connectivity index (χ0) is 25.6. The third-order valence-corrected chi connectivity index (χ3v) is 8.47. The van der Waals surface area contributed by atoms with Crippen molar-refractivity contribution >= 4 is 28.9 Å². The van der Waals surface area contributed by atoms with Crippen LogP contribution < -0.4 is 9.47 Å². The van der Waals surface area contributed by atoms with Crippen molar-refractivity contribution in [2.75, 3.05) is 7.11 Å². The molecule has 0 atom stereocenters. The molecular weight excluding hydrogens is 487 g/mol. The molecule has 0 unspecified atom stereocenters. The van der Waals surface area contributed by atoms with E-state index in [4.69, 9.17) is 14.5 Å². The zero-order valence-corrected chi connectivity index (χ0v) is 22.3. The second kappa shape index (κ2) is 12.2. The van der Waals surface area contributed by atoms with Crippen molar-refractivity contribution in [2.24, 2.45) is 4.99 Å². The minimum Gasteiger partial charge on any atom is -0.493 e. The third kappa shape index (κ3) is 6.20. The molecule has 0 bridgehead atoms. The first-order chi connectivity index (χ1) is 18.1. The summed E-state index contributed by atoms with van der Waals surface area (Å²) >= 11 is 1.51. The maximum Gasteiger partial charge on any atom is 0.266 e. The number of nitrogens with zero attached hydrogens (tertiary/aromatic N) is 2. The lowest BCUT2D eigenvalue weighted by molar-refractivity contribution is -0.124. The van der Waals surface area contributed by atoms with Gasteiger partial charge in [-0.15, -0.1) is 0 Å². The summed E-state index contributed by atoms with van der Waals surface area (Å²) in [5, 5.41) is 0.881. The van der Waals surface area contributed by atoms with Crippen LogP contribution in [0, 0.1) is 5.82 Å². The highest BCUT2D eigenvalue weighted by Gasteiger charge is 2.39. The zero-order valence-electron chi connectivity index (χ0n) is 21.5. The summed E-state index contributed by atoms with van der Waals surface area (Å²) in [4.78, 5) is 21.4. The first kappa shape index (κ1) is 25.8. The number of benzene rings is 2. The molecule has 1 amide bonds. The molecular formula is C30H35FN2O3S. The topological polar surface area (TPSA) is 51.1 Å². The number of hydrogen-bond acceptors (Lipinski definition) is 5. The SMILES string of the molecule is COc1cc(C=C2SC(=NC3CCCCC3)N(C3CCCCC3)C2=O)ccc1OCc1ccccc1F. The first-order valence-electron chi connectivity index (χ1n) is 13.5. The number of carbonyl (C=O) groups excluding carboxylic acids is 1. The molecule has 5 nitrogen and oxygen atoms in total. The standard InChI is InChI=1S/C30H35FN2O3S/c1-35-27-18-21(16-17-26(27)36-20-22-10-8-9-15-25(22)31)19-28-29(34)33(24-13-6-3-7-14-24)30(37-28)32-23-11-4-2-5-12-23/h8-10,15-19,23-24H,2-7,11-14,20H2,1H3. The van der Waals surface area contributed by atoms with Crippen LogP contribution in [0.1, 0.15) is 75.3 Å². The Morgan fingerprint density at radius 3 is 2.46 bits per heavy atom. The van der Waals surface area contributed by atoms with E-state index >= 15 is 0 Å². The maximum absolute atomic E-state index is 14.0. The van der Waals surface area contributed by atoms with Gasteiger partial charge in [0.1, 0.15) is 12.4 Å². The molecule has 2 aromatic carbocycles. The molecule has 1 saturated heterocycles. The van der Waals surface area contributed by atoms with Crippen LogP contribution in [-0.2, 0) is 11.4 Å². The van der Waals surface area contributed by atoms with E-state index in [9.17, 15) is 9.18 Å². The largest absolute Gasteiger partial charge is 0.493 e. The number of carbonyl (C=O) groups is 1. The van der Waals surface area contributed by atoms with Crippen LogP contribution in [0.2, 0.25) is 0 Å². The fourth-order valence-electron chi connectivity index (χ4n) is 5.42. The summed E-state index contributed by atoms with van der Waals surface area (Å²) in [6.07, 6.45) is 13.5. The number of rotatable bonds is 7. The van der Waals surface area contributed by atoms with E-state index < -0.39 is 0 Å². The molecule has 2 aromatic rings. The van der Waals surface area contributed by atoms with E-state index in [-0.39, 0.29) is 24.4 Å². The van der Waals surface area contributed by atoms with Crippen LogP contribution >= 0.6 is 11.8 Å². The predicted molar refractivity (Wildman–Crippen MR) is 147 cm³/mol. The van der Waals surface area contributed by atoms with Gasteiger partial charge in [0.15, 0.2) is 16.7 Å². The second-order valence-electron chi connectivity index (χ2n) is 10.1. The van der Waals surface area contributed by atoms with Gasteiger partial charge in [0, 0.05) is 11.6 Å². The summed E-state index contributed by atoms with van der Waals surface area (Å²) in [6, 6.07) is 12.7. The molecule has 196 valence electrons. The minimum absolute atomic E-state index is 0.0605. The Morgan fingerprint density at radius 1 is 1.00 bits per heavy atom. The van der Waals surface area contributed by atoms with Crippen molar-refractivity contribution < 1.29 is 18.7 Å². The van der Waals surface area contributed by atoms with Crippen molar-refractivity contribution in [2.45, 2.75) is 82.9 Å². The molecule has 3 fully saturated rings. The van der Waals surface area contributed by atoms with Crippen LogP contribution in [-0.4, -0.2) is 35.2 Å². The maximum atomic E-state index is 14.0. The fraction of sp³-hybridized carbons (Fsp3) is 0.467. The number of aliphatic imine (C=N–C) groups is 1. The second-order valence-corrected chi connectivity index (χ2v) is 11.1. The van der Waals surface area contributed by atoms with E-state index in [0.29, 0.717) is 28.0 Å². The lowest BCUT2D eigenvalue weighted by Crippen LogP contribution is -2.41.